The normalized spacial score (nSPS) is 16.4. The molecule has 2 heterocycles. The summed E-state index contributed by atoms with van der Waals surface area (Å²) in [6, 6.07) is 12.9. The number of carbonyl (C=O) groups is 2. The molecule has 4 atom stereocenters. The van der Waals surface area contributed by atoms with E-state index in [1.807, 2.05) is 49.6 Å². The number of aromatic nitrogens is 1. The molecule has 262 valence electrons. The molecule has 0 spiro atoms. The number of aliphatic hydroxyl groups excluding tert-OH is 1. The fourth-order valence-electron chi connectivity index (χ4n) is 5.90. The van der Waals surface area contributed by atoms with Gasteiger partial charge in [0.25, 0.3) is 0 Å². The smallest absolute Gasteiger partial charge is 0.321 e. The van der Waals surface area contributed by atoms with E-state index in [0.717, 1.165) is 16.3 Å². The van der Waals surface area contributed by atoms with Crippen LogP contribution in [0.1, 0.15) is 44.0 Å². The second kappa shape index (κ2) is 16.7. The van der Waals surface area contributed by atoms with Crippen molar-refractivity contribution >= 4 is 33.1 Å². The number of hydrogen-bond acceptors (Lipinski definition) is 10. The molecule has 1 aliphatic heterocycles. The minimum absolute atomic E-state index is 0.0445. The van der Waals surface area contributed by atoms with Gasteiger partial charge in [0.05, 0.1) is 35.9 Å². The molecule has 12 nitrogen and oxygen atoms in total. The van der Waals surface area contributed by atoms with Crippen molar-refractivity contribution in [3.05, 3.63) is 76.2 Å². The van der Waals surface area contributed by atoms with Gasteiger partial charge in [-0.15, -0.1) is 11.3 Å². The van der Waals surface area contributed by atoms with Crippen molar-refractivity contribution in [1.82, 2.24) is 25.4 Å². The van der Waals surface area contributed by atoms with Crippen LogP contribution in [-0.2, 0) is 38.9 Å². The molecule has 1 fully saturated rings. The topological polar surface area (TPSA) is 161 Å². The monoisotopic (exact) mass is 701 g/mol. The lowest BCUT2D eigenvalue weighted by Gasteiger charge is -2.33. The number of benzene rings is 2. The number of amides is 3. The number of aromatic hydroxyl groups is 1. The lowest BCUT2D eigenvalue weighted by molar-refractivity contribution is -0.128. The second-order valence-electron chi connectivity index (χ2n) is 12.7. The van der Waals surface area contributed by atoms with Gasteiger partial charge in [-0.1, -0.05) is 58.0 Å². The second-order valence-corrected chi connectivity index (χ2v) is 15.7. The number of sulfone groups is 1. The summed E-state index contributed by atoms with van der Waals surface area (Å²) in [5.41, 5.74) is 1.64. The van der Waals surface area contributed by atoms with Gasteiger partial charge >= 0.3 is 6.03 Å². The van der Waals surface area contributed by atoms with Gasteiger partial charge in [0.1, 0.15) is 22.2 Å². The van der Waals surface area contributed by atoms with Crippen LogP contribution in [0.4, 0.5) is 4.79 Å². The molecule has 1 aromatic heterocycles. The van der Waals surface area contributed by atoms with Gasteiger partial charge in [0.2, 0.25) is 5.91 Å². The highest BCUT2D eigenvalue weighted by atomic mass is 32.2. The molecule has 0 radical (unpaired) electrons. The van der Waals surface area contributed by atoms with Crippen LogP contribution in [0.2, 0.25) is 0 Å². The van der Waals surface area contributed by atoms with Gasteiger partial charge in [-0.05, 0) is 48.1 Å². The van der Waals surface area contributed by atoms with E-state index >= 15 is 0 Å². The van der Waals surface area contributed by atoms with Crippen molar-refractivity contribution in [2.45, 2.75) is 75.7 Å². The van der Waals surface area contributed by atoms with Gasteiger partial charge in [0, 0.05) is 32.1 Å². The lowest BCUT2D eigenvalue weighted by atomic mass is 9.97. The Hall–Kier alpha value is -3.56. The summed E-state index contributed by atoms with van der Waals surface area (Å²) in [6.45, 7) is 8.70. The number of carbonyl (C=O) groups excluding carboxylic acids is 2. The van der Waals surface area contributed by atoms with Crippen LogP contribution in [0, 0.1) is 11.8 Å². The summed E-state index contributed by atoms with van der Waals surface area (Å²) in [4.78, 5) is 35.4. The van der Waals surface area contributed by atoms with E-state index in [9.17, 15) is 28.2 Å². The zero-order chi connectivity index (χ0) is 35.0. The molecule has 48 heavy (non-hydrogen) atoms. The third-order valence-electron chi connectivity index (χ3n) is 8.31. The van der Waals surface area contributed by atoms with Crippen LogP contribution >= 0.6 is 11.3 Å². The number of urea groups is 1. The van der Waals surface area contributed by atoms with Crippen molar-refractivity contribution in [2.24, 2.45) is 11.8 Å². The minimum atomic E-state index is -3.87. The van der Waals surface area contributed by atoms with Gasteiger partial charge in [-0.3, -0.25) is 10.1 Å². The van der Waals surface area contributed by atoms with Crippen molar-refractivity contribution < 1.29 is 33.0 Å². The maximum Gasteiger partial charge on any atom is 0.321 e. The van der Waals surface area contributed by atoms with E-state index in [0.29, 0.717) is 26.2 Å². The van der Waals surface area contributed by atoms with Crippen LogP contribution < -0.4 is 10.6 Å². The zero-order valence-electron chi connectivity index (χ0n) is 28.1. The first-order chi connectivity index (χ1) is 22.8. The third-order valence-corrected chi connectivity index (χ3v) is 11.5. The number of methoxy groups -OCH3 is 1. The number of nitrogens with zero attached hydrogens (tertiary/aromatic N) is 3. The zero-order valence-corrected chi connectivity index (χ0v) is 29.7. The molecule has 3 aromatic rings. The predicted molar refractivity (Wildman–Crippen MR) is 184 cm³/mol. The number of hydrogen-bond donors (Lipinski definition) is 4. The molecule has 0 unspecified atom stereocenters. The Morgan fingerprint density at radius 3 is 2.35 bits per heavy atom. The lowest BCUT2D eigenvalue weighted by Crippen LogP contribution is -2.57. The number of nitrogens with one attached hydrogen (secondary N) is 2. The quantitative estimate of drug-likeness (QED) is 0.165. The van der Waals surface area contributed by atoms with E-state index in [4.69, 9.17) is 4.74 Å². The SMILES string of the molecule is COCc1nc(CN2CCN([C@H](C(=O)N[C@@H](Cc3ccccc3)[C@H](O)CN[C@H](C(C)C)S(=O)(=O)c3ccc(O)cc3)C(C)C)C2=O)cs1. The maximum absolute atomic E-state index is 14.0. The van der Waals surface area contributed by atoms with E-state index in [-0.39, 0.29) is 41.5 Å². The van der Waals surface area contributed by atoms with Crippen LogP contribution in [0.3, 0.4) is 0 Å². The van der Waals surface area contributed by atoms with E-state index in [2.05, 4.69) is 15.6 Å². The molecule has 0 bridgehead atoms. The summed E-state index contributed by atoms with van der Waals surface area (Å²) in [5, 5.41) is 28.9. The number of rotatable bonds is 17. The van der Waals surface area contributed by atoms with Gasteiger partial charge < -0.3 is 30.1 Å². The highest BCUT2D eigenvalue weighted by Gasteiger charge is 2.40. The van der Waals surface area contributed by atoms with Crippen molar-refractivity contribution in [1.29, 1.82) is 0 Å². The highest BCUT2D eigenvalue weighted by Crippen LogP contribution is 2.24. The minimum Gasteiger partial charge on any atom is -0.508 e. The van der Waals surface area contributed by atoms with Crippen LogP contribution in [-0.4, -0.2) is 95.7 Å². The first-order valence-corrected chi connectivity index (χ1v) is 18.5. The largest absolute Gasteiger partial charge is 0.508 e. The molecule has 1 saturated heterocycles. The summed E-state index contributed by atoms with van der Waals surface area (Å²) in [7, 11) is -2.27. The van der Waals surface area contributed by atoms with Crippen molar-refractivity contribution in [3.63, 3.8) is 0 Å². The molecule has 3 amide bonds. The van der Waals surface area contributed by atoms with Crippen molar-refractivity contribution in [2.75, 3.05) is 26.7 Å². The standard InChI is InChI=1S/C34H47N5O7S2/c1-22(2)31(39-16-15-38(34(39)43)19-25-21-47-30(36-25)20-46-5)32(42)37-28(17-24-9-7-6-8-10-24)29(41)18-35-33(23(3)4)48(44,45)27-13-11-26(40)12-14-27/h6-14,21-23,28-29,31,33,35,40-41H,15-20H2,1-5H3,(H,37,42)/t28-,29+,31-,33-/m0/s1. The number of aliphatic hydroxyl groups is 1. The Morgan fingerprint density at radius 2 is 1.73 bits per heavy atom. The number of phenolic OH excluding ortho intramolecular Hbond substituents is 1. The van der Waals surface area contributed by atoms with E-state index in [1.165, 1.54) is 35.6 Å². The molecule has 1 aliphatic rings. The van der Waals surface area contributed by atoms with Crippen LogP contribution in [0.5, 0.6) is 5.75 Å². The molecule has 2 aromatic carbocycles. The van der Waals surface area contributed by atoms with E-state index < -0.39 is 39.3 Å². The fourth-order valence-corrected chi connectivity index (χ4v) is 8.50. The summed E-state index contributed by atoms with van der Waals surface area (Å²) >= 11 is 1.47. The fraction of sp³-hybridized carbons (Fsp3) is 0.500. The molecule has 0 saturated carbocycles. The Morgan fingerprint density at radius 1 is 1.04 bits per heavy atom. The number of thiazole rings is 1. The maximum atomic E-state index is 14.0. The Kier molecular flexibility index (Phi) is 13.0. The van der Waals surface area contributed by atoms with Gasteiger partial charge in [0.15, 0.2) is 9.84 Å². The Balaban J connectivity index is 1.49. The Labute approximate surface area is 287 Å². The average molecular weight is 702 g/mol. The van der Waals surface area contributed by atoms with Crippen LogP contribution in [0.25, 0.3) is 0 Å². The summed E-state index contributed by atoms with van der Waals surface area (Å²) in [6.07, 6.45) is -0.889. The molecule has 4 N–H and O–H groups in total. The number of phenols is 1. The van der Waals surface area contributed by atoms with Crippen molar-refractivity contribution in [3.8, 4) is 5.75 Å². The molecular formula is C34H47N5O7S2. The Bertz CT molecular complexity index is 1600. The van der Waals surface area contributed by atoms with Crippen LogP contribution in [0.15, 0.2) is 64.9 Å². The first-order valence-electron chi connectivity index (χ1n) is 16.1. The molecule has 4 rings (SSSR count). The summed E-state index contributed by atoms with van der Waals surface area (Å²) < 4.78 is 32.2. The van der Waals surface area contributed by atoms with Gasteiger partial charge in [-0.25, -0.2) is 18.2 Å². The highest BCUT2D eigenvalue weighted by molar-refractivity contribution is 7.92. The van der Waals surface area contributed by atoms with E-state index in [1.54, 1.807) is 30.8 Å². The predicted octanol–water partition coefficient (Wildman–Crippen LogP) is 3.39. The molecule has 14 heteroatoms. The molecule has 0 aliphatic carbocycles. The van der Waals surface area contributed by atoms with Gasteiger partial charge in [-0.2, -0.15) is 0 Å². The number of ether oxygens (including phenoxy) is 1. The summed E-state index contributed by atoms with van der Waals surface area (Å²) in [5.74, 6) is -1.02. The first kappa shape index (κ1) is 37.3. The third kappa shape index (κ3) is 9.32. The molecular weight excluding hydrogens is 655 g/mol. The average Bonchev–Trinajstić information content (AvgIpc) is 3.63.